The topological polar surface area (TPSA) is 54.0 Å². The van der Waals surface area contributed by atoms with Crippen LogP contribution in [0.4, 0.5) is 10.1 Å². The van der Waals surface area contributed by atoms with Gasteiger partial charge >= 0.3 is 0 Å². The third kappa shape index (κ3) is 5.41. The second-order valence-corrected chi connectivity index (χ2v) is 9.30. The molecule has 3 aliphatic rings. The molecule has 0 radical (unpaired) electrons. The van der Waals surface area contributed by atoms with Gasteiger partial charge in [-0.2, -0.15) is 0 Å². The fourth-order valence-corrected chi connectivity index (χ4v) is 5.12. The number of likely N-dealkylation sites (tertiary alicyclic amines) is 1. The number of nitrogens with zero attached hydrogens (tertiary/aromatic N) is 2. The van der Waals surface area contributed by atoms with Crippen molar-refractivity contribution >= 4 is 11.6 Å². The molecule has 2 aromatic carbocycles. The van der Waals surface area contributed by atoms with E-state index in [1.807, 2.05) is 12.1 Å². The summed E-state index contributed by atoms with van der Waals surface area (Å²) in [6.45, 7) is 5.66. The van der Waals surface area contributed by atoms with Gasteiger partial charge in [-0.15, -0.1) is 0 Å². The summed E-state index contributed by atoms with van der Waals surface area (Å²) in [5.41, 5.74) is 2.11. The van der Waals surface area contributed by atoms with Crippen LogP contribution in [0.1, 0.15) is 24.8 Å². The average molecular weight is 454 g/mol. The van der Waals surface area contributed by atoms with E-state index in [-0.39, 0.29) is 23.7 Å². The first kappa shape index (κ1) is 22.0. The average Bonchev–Trinajstić information content (AvgIpc) is 3.52. The first-order valence-electron chi connectivity index (χ1n) is 12.1. The molecule has 0 saturated carbocycles. The molecule has 1 unspecified atom stereocenters. The zero-order valence-corrected chi connectivity index (χ0v) is 19.0. The van der Waals surface area contributed by atoms with Crippen LogP contribution in [0.2, 0.25) is 0 Å². The highest BCUT2D eigenvalue weighted by atomic mass is 19.1. The Hall–Kier alpha value is -2.80. The third-order valence-electron chi connectivity index (χ3n) is 6.86. The summed E-state index contributed by atoms with van der Waals surface area (Å²) in [6.07, 6.45) is 4.01. The van der Waals surface area contributed by atoms with Crippen LogP contribution in [0.3, 0.4) is 0 Å². The van der Waals surface area contributed by atoms with Gasteiger partial charge in [0.1, 0.15) is 19.0 Å². The van der Waals surface area contributed by atoms with E-state index in [1.54, 1.807) is 12.1 Å². The van der Waals surface area contributed by atoms with Crippen molar-refractivity contribution < 1.29 is 18.7 Å². The van der Waals surface area contributed by atoms with Crippen LogP contribution < -0.4 is 19.7 Å². The number of carbonyl (C=O) groups is 1. The van der Waals surface area contributed by atoms with E-state index in [0.29, 0.717) is 19.8 Å². The first-order valence-corrected chi connectivity index (χ1v) is 12.1. The molecule has 3 aliphatic heterocycles. The summed E-state index contributed by atoms with van der Waals surface area (Å²) in [7, 11) is 0. The van der Waals surface area contributed by atoms with Crippen molar-refractivity contribution in [2.75, 3.05) is 50.8 Å². The summed E-state index contributed by atoms with van der Waals surface area (Å²) in [5.74, 6) is 1.39. The maximum atomic E-state index is 13.3. The van der Waals surface area contributed by atoms with E-state index >= 15 is 0 Å². The highest BCUT2D eigenvalue weighted by molar-refractivity contribution is 5.80. The molecule has 2 atom stereocenters. The number of fused-ring (bicyclic) bond motifs is 1. The highest BCUT2D eigenvalue weighted by Crippen LogP contribution is 2.31. The molecule has 176 valence electrons. The Balaban J connectivity index is 1.24. The van der Waals surface area contributed by atoms with Crippen molar-refractivity contribution in [3.63, 3.8) is 0 Å². The van der Waals surface area contributed by atoms with Crippen molar-refractivity contribution in [3.8, 4) is 11.5 Å². The van der Waals surface area contributed by atoms with Crippen molar-refractivity contribution in [1.82, 2.24) is 10.2 Å². The first-order chi connectivity index (χ1) is 16.1. The van der Waals surface area contributed by atoms with E-state index in [0.717, 1.165) is 61.8 Å². The molecule has 5 rings (SSSR count). The summed E-state index contributed by atoms with van der Waals surface area (Å²) in [5, 5.41) is 3.36. The second kappa shape index (κ2) is 10.00. The number of carbonyl (C=O) groups excluding carboxylic acids is 1. The van der Waals surface area contributed by atoms with Gasteiger partial charge in [0.15, 0.2) is 11.5 Å². The molecular formula is C26H32FN3O3. The predicted molar refractivity (Wildman–Crippen MR) is 125 cm³/mol. The van der Waals surface area contributed by atoms with Gasteiger partial charge in [-0.1, -0.05) is 6.07 Å². The van der Waals surface area contributed by atoms with Crippen LogP contribution in [0.5, 0.6) is 11.5 Å². The monoisotopic (exact) mass is 453 g/mol. The van der Waals surface area contributed by atoms with Gasteiger partial charge in [0.25, 0.3) is 0 Å². The lowest BCUT2D eigenvalue weighted by Crippen LogP contribution is -2.46. The van der Waals surface area contributed by atoms with Crippen molar-refractivity contribution in [1.29, 1.82) is 0 Å². The van der Waals surface area contributed by atoms with E-state index < -0.39 is 0 Å². The lowest BCUT2D eigenvalue weighted by atomic mass is 10.0. The number of hydrogen-bond acceptors (Lipinski definition) is 5. The van der Waals surface area contributed by atoms with Gasteiger partial charge in [0, 0.05) is 31.4 Å². The van der Waals surface area contributed by atoms with Crippen LogP contribution in [0.15, 0.2) is 42.5 Å². The van der Waals surface area contributed by atoms with E-state index in [4.69, 9.17) is 9.47 Å². The van der Waals surface area contributed by atoms with E-state index in [9.17, 15) is 9.18 Å². The molecule has 0 aromatic heterocycles. The number of benzene rings is 2. The minimum absolute atomic E-state index is 0.0398. The fourth-order valence-electron chi connectivity index (χ4n) is 5.12. The number of rotatable bonds is 7. The van der Waals surface area contributed by atoms with Crippen LogP contribution in [-0.2, 0) is 11.2 Å². The zero-order chi connectivity index (χ0) is 22.6. The van der Waals surface area contributed by atoms with Gasteiger partial charge in [0.2, 0.25) is 5.91 Å². The molecule has 7 heteroatoms. The second-order valence-electron chi connectivity index (χ2n) is 9.30. The predicted octanol–water partition coefficient (Wildman–Crippen LogP) is 3.25. The zero-order valence-electron chi connectivity index (χ0n) is 19.0. The number of amides is 1. The summed E-state index contributed by atoms with van der Waals surface area (Å²) in [6, 6.07) is 12.6. The molecule has 0 aliphatic carbocycles. The molecule has 2 fully saturated rings. The standard InChI is InChI=1S/C26H32FN3O3/c27-21-4-6-23(7-5-21)30-12-9-20(17-30)26(31)28-22(18-29-10-1-2-11-29)15-19-3-8-24-25(16-19)33-14-13-32-24/h3-8,16,20,22H,1-2,9-15,17-18H2,(H,28,31)/t20-,22?/m1/s1. The maximum absolute atomic E-state index is 13.3. The Morgan fingerprint density at radius 2 is 1.79 bits per heavy atom. The molecule has 3 heterocycles. The van der Waals surface area contributed by atoms with Gasteiger partial charge in [-0.3, -0.25) is 4.79 Å². The maximum Gasteiger partial charge on any atom is 0.225 e. The van der Waals surface area contributed by atoms with Gasteiger partial charge < -0.3 is 24.6 Å². The summed E-state index contributed by atoms with van der Waals surface area (Å²) in [4.78, 5) is 17.8. The lowest BCUT2D eigenvalue weighted by Gasteiger charge is -2.27. The van der Waals surface area contributed by atoms with Crippen LogP contribution in [0.25, 0.3) is 0 Å². The molecule has 1 amide bonds. The molecule has 1 N–H and O–H groups in total. The Labute approximate surface area is 194 Å². The SMILES string of the molecule is O=C(NC(Cc1ccc2c(c1)OCCO2)CN1CCCC1)[C@@H]1CCN(c2ccc(F)cc2)C1. The number of ether oxygens (including phenoxy) is 2. The molecule has 33 heavy (non-hydrogen) atoms. The van der Waals surface area contributed by atoms with Crippen LogP contribution >= 0.6 is 0 Å². The third-order valence-corrected chi connectivity index (χ3v) is 6.86. The lowest BCUT2D eigenvalue weighted by molar-refractivity contribution is -0.125. The number of nitrogens with one attached hydrogen (secondary N) is 1. The Kier molecular flexibility index (Phi) is 6.67. The molecule has 2 saturated heterocycles. The number of hydrogen-bond donors (Lipinski definition) is 1. The highest BCUT2D eigenvalue weighted by Gasteiger charge is 2.30. The number of anilines is 1. The Bertz CT molecular complexity index is 962. The van der Waals surface area contributed by atoms with Crippen molar-refractivity contribution in [2.24, 2.45) is 5.92 Å². The fraction of sp³-hybridized carbons (Fsp3) is 0.500. The summed E-state index contributed by atoms with van der Waals surface area (Å²) < 4.78 is 24.7. The molecule has 6 nitrogen and oxygen atoms in total. The molecule has 0 bridgehead atoms. The molecular weight excluding hydrogens is 421 g/mol. The minimum Gasteiger partial charge on any atom is -0.486 e. The quantitative estimate of drug-likeness (QED) is 0.698. The van der Waals surface area contributed by atoms with Gasteiger partial charge in [0.05, 0.1) is 5.92 Å². The van der Waals surface area contributed by atoms with E-state index in [1.165, 1.54) is 25.0 Å². The number of halogens is 1. The van der Waals surface area contributed by atoms with Crippen LogP contribution in [0, 0.1) is 11.7 Å². The molecule has 2 aromatic rings. The van der Waals surface area contributed by atoms with Gasteiger partial charge in [-0.05, 0) is 80.7 Å². The van der Waals surface area contributed by atoms with Gasteiger partial charge in [-0.25, -0.2) is 4.39 Å². The smallest absolute Gasteiger partial charge is 0.225 e. The summed E-state index contributed by atoms with van der Waals surface area (Å²) >= 11 is 0. The Morgan fingerprint density at radius 3 is 2.58 bits per heavy atom. The largest absolute Gasteiger partial charge is 0.486 e. The van der Waals surface area contributed by atoms with E-state index in [2.05, 4.69) is 21.2 Å². The minimum atomic E-state index is -0.240. The normalized spacial score (nSPS) is 21.2. The van der Waals surface area contributed by atoms with Crippen molar-refractivity contribution in [2.45, 2.75) is 31.7 Å². The molecule has 0 spiro atoms. The van der Waals surface area contributed by atoms with Crippen LogP contribution in [-0.4, -0.2) is 62.8 Å². The Morgan fingerprint density at radius 1 is 1.03 bits per heavy atom. The van der Waals surface area contributed by atoms with Crippen molar-refractivity contribution in [3.05, 3.63) is 53.8 Å².